The fourth-order valence-corrected chi connectivity index (χ4v) is 2.07. The molecule has 0 heterocycles. The lowest BCUT2D eigenvalue weighted by molar-refractivity contribution is 0.0934. The van der Waals surface area contributed by atoms with Gasteiger partial charge in [0.25, 0.3) is 5.91 Å². The first-order valence-electron chi connectivity index (χ1n) is 6.86. The van der Waals surface area contributed by atoms with Crippen LogP contribution in [0.5, 0.6) is 0 Å². The minimum absolute atomic E-state index is 0.125. The second-order valence-electron chi connectivity index (χ2n) is 5.02. The van der Waals surface area contributed by atoms with Crippen molar-refractivity contribution in [2.24, 2.45) is 0 Å². The zero-order chi connectivity index (χ0) is 15.2. The summed E-state index contributed by atoms with van der Waals surface area (Å²) in [6.07, 6.45) is 1.54. The third-order valence-corrected chi connectivity index (χ3v) is 3.26. The van der Waals surface area contributed by atoms with Crippen molar-refractivity contribution in [3.05, 3.63) is 71.3 Å². The van der Waals surface area contributed by atoms with Crippen LogP contribution in [0.4, 0.5) is 8.78 Å². The third-order valence-electron chi connectivity index (χ3n) is 3.26. The molecule has 0 spiro atoms. The molecule has 0 aliphatic rings. The minimum Gasteiger partial charge on any atom is -0.349 e. The highest BCUT2D eigenvalue weighted by molar-refractivity contribution is 5.94. The Morgan fingerprint density at radius 3 is 2.57 bits per heavy atom. The van der Waals surface area contributed by atoms with E-state index < -0.39 is 17.5 Å². The van der Waals surface area contributed by atoms with E-state index >= 15 is 0 Å². The molecule has 0 aliphatic carbocycles. The van der Waals surface area contributed by atoms with E-state index in [1.807, 2.05) is 37.3 Å². The van der Waals surface area contributed by atoms with Crippen LogP contribution in [-0.2, 0) is 6.42 Å². The maximum atomic E-state index is 13.5. The van der Waals surface area contributed by atoms with Gasteiger partial charge in [0.05, 0.1) is 5.56 Å². The van der Waals surface area contributed by atoms with E-state index in [2.05, 4.69) is 5.32 Å². The Hall–Kier alpha value is -2.23. The van der Waals surface area contributed by atoms with Crippen molar-refractivity contribution in [3.63, 3.8) is 0 Å². The van der Waals surface area contributed by atoms with E-state index in [1.54, 1.807) is 0 Å². The number of amides is 1. The van der Waals surface area contributed by atoms with Crippen molar-refractivity contribution in [3.8, 4) is 0 Å². The number of aryl methyl sites for hydroxylation is 1. The highest BCUT2D eigenvalue weighted by Gasteiger charge is 2.15. The van der Waals surface area contributed by atoms with Gasteiger partial charge in [0.15, 0.2) is 0 Å². The summed E-state index contributed by atoms with van der Waals surface area (Å²) in [5.41, 5.74) is 0.914. The van der Waals surface area contributed by atoms with E-state index in [4.69, 9.17) is 0 Å². The molecule has 0 aliphatic heterocycles. The fourth-order valence-electron chi connectivity index (χ4n) is 2.07. The molecule has 4 heteroatoms. The Labute approximate surface area is 122 Å². The van der Waals surface area contributed by atoms with Crippen LogP contribution in [0.3, 0.4) is 0 Å². The average Bonchev–Trinajstić information content (AvgIpc) is 2.48. The standard InChI is InChI=1S/C17H17F2NO/c1-12(7-8-13-5-3-2-4-6-13)20-17(21)15-11-14(18)9-10-16(15)19/h2-6,9-12H,7-8H2,1H3,(H,20,21). The number of hydrogen-bond donors (Lipinski definition) is 1. The van der Waals surface area contributed by atoms with Gasteiger partial charge in [-0.25, -0.2) is 8.78 Å². The van der Waals surface area contributed by atoms with E-state index in [0.717, 1.165) is 31.0 Å². The minimum atomic E-state index is -0.718. The largest absolute Gasteiger partial charge is 0.349 e. The summed E-state index contributed by atoms with van der Waals surface area (Å²) in [4.78, 5) is 11.9. The van der Waals surface area contributed by atoms with E-state index in [9.17, 15) is 13.6 Å². The van der Waals surface area contributed by atoms with Crippen LogP contribution in [0.2, 0.25) is 0 Å². The number of nitrogens with one attached hydrogen (secondary N) is 1. The molecule has 0 saturated heterocycles. The third kappa shape index (κ3) is 4.38. The molecule has 1 unspecified atom stereocenters. The van der Waals surface area contributed by atoms with Crippen molar-refractivity contribution < 1.29 is 13.6 Å². The highest BCUT2D eigenvalue weighted by Crippen LogP contribution is 2.11. The van der Waals surface area contributed by atoms with Crippen molar-refractivity contribution in [2.75, 3.05) is 0 Å². The van der Waals surface area contributed by atoms with Gasteiger partial charge >= 0.3 is 0 Å². The van der Waals surface area contributed by atoms with E-state index in [0.29, 0.717) is 0 Å². The lowest BCUT2D eigenvalue weighted by Gasteiger charge is -2.14. The fraction of sp³-hybridized carbons (Fsp3) is 0.235. The zero-order valence-electron chi connectivity index (χ0n) is 11.8. The molecular formula is C17H17F2NO. The smallest absolute Gasteiger partial charge is 0.254 e. The number of carbonyl (C=O) groups excluding carboxylic acids is 1. The van der Waals surface area contributed by atoms with Gasteiger partial charge < -0.3 is 5.32 Å². The van der Waals surface area contributed by atoms with Crippen LogP contribution in [0.25, 0.3) is 0 Å². The molecule has 0 radical (unpaired) electrons. The van der Waals surface area contributed by atoms with Gasteiger partial charge in [-0.3, -0.25) is 4.79 Å². The summed E-state index contributed by atoms with van der Waals surface area (Å²) < 4.78 is 26.6. The SMILES string of the molecule is CC(CCc1ccccc1)NC(=O)c1cc(F)ccc1F. The summed E-state index contributed by atoms with van der Waals surface area (Å²) in [7, 11) is 0. The maximum Gasteiger partial charge on any atom is 0.254 e. The Kier molecular flexibility index (Phi) is 5.04. The van der Waals surface area contributed by atoms with Crippen LogP contribution in [0, 0.1) is 11.6 Å². The number of carbonyl (C=O) groups is 1. The molecule has 2 nitrogen and oxygen atoms in total. The molecule has 0 fully saturated rings. The van der Waals surface area contributed by atoms with E-state index in [-0.39, 0.29) is 11.6 Å². The first-order valence-corrected chi connectivity index (χ1v) is 6.86. The summed E-state index contributed by atoms with van der Waals surface area (Å²) in [6, 6.07) is 12.6. The first kappa shape index (κ1) is 15.2. The van der Waals surface area contributed by atoms with Crippen molar-refractivity contribution in [2.45, 2.75) is 25.8 Å². The molecule has 2 aromatic carbocycles. The van der Waals surface area contributed by atoms with E-state index in [1.165, 1.54) is 5.56 Å². The molecular weight excluding hydrogens is 272 g/mol. The molecule has 0 saturated carbocycles. The summed E-state index contributed by atoms with van der Waals surface area (Å²) >= 11 is 0. The van der Waals surface area contributed by atoms with Crippen LogP contribution in [-0.4, -0.2) is 11.9 Å². The van der Waals surface area contributed by atoms with Gasteiger partial charge in [0.2, 0.25) is 0 Å². The molecule has 2 rings (SSSR count). The predicted octanol–water partition coefficient (Wildman–Crippen LogP) is 3.72. The number of benzene rings is 2. The van der Waals surface area contributed by atoms with Crippen LogP contribution in [0.15, 0.2) is 48.5 Å². The quantitative estimate of drug-likeness (QED) is 0.893. The number of rotatable bonds is 5. The Bertz CT molecular complexity index is 613. The normalized spacial score (nSPS) is 12.0. The monoisotopic (exact) mass is 289 g/mol. The van der Waals surface area contributed by atoms with Gasteiger partial charge in [-0.2, -0.15) is 0 Å². The first-order chi connectivity index (χ1) is 10.1. The van der Waals surface area contributed by atoms with Crippen LogP contribution < -0.4 is 5.32 Å². The van der Waals surface area contributed by atoms with Crippen LogP contribution in [0.1, 0.15) is 29.3 Å². The Balaban J connectivity index is 1.91. The molecule has 1 N–H and O–H groups in total. The van der Waals surface area contributed by atoms with Gasteiger partial charge in [-0.15, -0.1) is 0 Å². The van der Waals surface area contributed by atoms with Crippen LogP contribution >= 0.6 is 0 Å². The lowest BCUT2D eigenvalue weighted by Crippen LogP contribution is -2.33. The second kappa shape index (κ2) is 6.97. The van der Waals surface area contributed by atoms with Gasteiger partial charge in [0, 0.05) is 6.04 Å². The molecule has 0 aromatic heterocycles. The van der Waals surface area contributed by atoms with Gasteiger partial charge in [0.1, 0.15) is 11.6 Å². The predicted molar refractivity (Wildman–Crippen MR) is 78.0 cm³/mol. The summed E-state index contributed by atoms with van der Waals surface area (Å²) in [6.45, 7) is 1.85. The molecule has 0 bridgehead atoms. The van der Waals surface area contributed by atoms with Gasteiger partial charge in [-0.05, 0) is 43.5 Å². The van der Waals surface area contributed by atoms with Gasteiger partial charge in [-0.1, -0.05) is 30.3 Å². The van der Waals surface area contributed by atoms with Crippen molar-refractivity contribution >= 4 is 5.91 Å². The molecule has 1 atom stereocenters. The maximum absolute atomic E-state index is 13.5. The Morgan fingerprint density at radius 1 is 1.14 bits per heavy atom. The molecule has 110 valence electrons. The highest BCUT2D eigenvalue weighted by atomic mass is 19.1. The number of hydrogen-bond acceptors (Lipinski definition) is 1. The zero-order valence-corrected chi connectivity index (χ0v) is 11.8. The molecule has 1 amide bonds. The number of halogens is 2. The van der Waals surface area contributed by atoms with Crippen molar-refractivity contribution in [1.29, 1.82) is 0 Å². The molecule has 21 heavy (non-hydrogen) atoms. The molecule has 2 aromatic rings. The lowest BCUT2D eigenvalue weighted by atomic mass is 10.1. The topological polar surface area (TPSA) is 29.1 Å². The summed E-state index contributed by atoms with van der Waals surface area (Å²) in [5, 5.41) is 2.69. The second-order valence-corrected chi connectivity index (χ2v) is 5.02. The average molecular weight is 289 g/mol. The van der Waals surface area contributed by atoms with Crippen molar-refractivity contribution in [1.82, 2.24) is 5.32 Å². The Morgan fingerprint density at radius 2 is 1.86 bits per heavy atom. The summed E-state index contributed by atoms with van der Waals surface area (Å²) in [5.74, 6) is -1.93.